The van der Waals surface area contributed by atoms with Gasteiger partial charge in [0.1, 0.15) is 6.04 Å². The Bertz CT molecular complexity index is 307. The van der Waals surface area contributed by atoms with Crippen LogP contribution in [0.25, 0.3) is 0 Å². The van der Waals surface area contributed by atoms with Crippen molar-refractivity contribution < 1.29 is 9.59 Å². The smallest absolute Gasteiger partial charge is 0.254 e. The van der Waals surface area contributed by atoms with Gasteiger partial charge in [0.05, 0.1) is 6.04 Å². The standard InChI is InChI=1S/C13H25N3O2/c1-5-7-11(14-3)13(18)16-12(10(2)17)8-6-9-15(16)4/h11-12,14H,5-9H2,1-4H3. The number of carbonyl (C=O) groups is 2. The van der Waals surface area contributed by atoms with Gasteiger partial charge in [-0.15, -0.1) is 0 Å². The van der Waals surface area contributed by atoms with Crippen molar-refractivity contribution in [3.05, 3.63) is 0 Å². The molecule has 0 aromatic carbocycles. The number of Topliss-reactive ketones (excluding diaryl/α,β-unsaturated/α-hetero) is 1. The first-order valence-corrected chi connectivity index (χ1v) is 6.74. The van der Waals surface area contributed by atoms with Crippen molar-refractivity contribution >= 4 is 11.7 Å². The molecule has 1 heterocycles. The summed E-state index contributed by atoms with van der Waals surface area (Å²) in [5.74, 6) is 0.0861. The number of nitrogens with zero attached hydrogens (tertiary/aromatic N) is 2. The van der Waals surface area contributed by atoms with Gasteiger partial charge in [-0.05, 0) is 33.2 Å². The number of rotatable bonds is 5. The molecule has 5 heteroatoms. The molecule has 2 unspecified atom stereocenters. The maximum Gasteiger partial charge on any atom is 0.254 e. The largest absolute Gasteiger partial charge is 0.309 e. The summed E-state index contributed by atoms with van der Waals surface area (Å²) in [5.41, 5.74) is 0. The van der Waals surface area contributed by atoms with Crippen molar-refractivity contribution in [1.82, 2.24) is 15.3 Å². The van der Waals surface area contributed by atoms with Crippen LogP contribution in [0, 0.1) is 0 Å². The molecule has 0 saturated carbocycles. The Labute approximate surface area is 109 Å². The summed E-state index contributed by atoms with van der Waals surface area (Å²) in [6.07, 6.45) is 3.47. The van der Waals surface area contributed by atoms with Crippen LogP contribution in [0.3, 0.4) is 0 Å². The molecule has 0 spiro atoms. The molecular formula is C13H25N3O2. The first-order valence-electron chi connectivity index (χ1n) is 6.74. The zero-order chi connectivity index (χ0) is 13.7. The molecule has 5 nitrogen and oxygen atoms in total. The minimum absolute atomic E-state index is 0.0155. The molecule has 1 amide bonds. The number of carbonyl (C=O) groups excluding carboxylic acids is 2. The summed E-state index contributed by atoms with van der Waals surface area (Å²) in [6.45, 7) is 4.45. The molecule has 1 N–H and O–H groups in total. The van der Waals surface area contributed by atoms with E-state index in [4.69, 9.17) is 0 Å². The highest BCUT2D eigenvalue weighted by Gasteiger charge is 2.36. The van der Waals surface area contributed by atoms with Gasteiger partial charge in [0, 0.05) is 13.6 Å². The molecule has 104 valence electrons. The third kappa shape index (κ3) is 3.29. The van der Waals surface area contributed by atoms with Crippen LogP contribution < -0.4 is 5.32 Å². The predicted octanol–water partition coefficient (Wildman–Crippen LogP) is 0.801. The van der Waals surface area contributed by atoms with E-state index >= 15 is 0 Å². The lowest BCUT2D eigenvalue weighted by molar-refractivity contribution is -0.164. The maximum absolute atomic E-state index is 12.5. The first-order chi connectivity index (χ1) is 8.52. The van der Waals surface area contributed by atoms with Crippen molar-refractivity contribution in [2.75, 3.05) is 20.6 Å². The number of likely N-dealkylation sites (N-methyl/N-ethyl adjacent to an activating group) is 1. The van der Waals surface area contributed by atoms with Crippen molar-refractivity contribution in [2.24, 2.45) is 0 Å². The zero-order valence-corrected chi connectivity index (χ0v) is 11.9. The molecule has 1 aliphatic rings. The number of amides is 1. The van der Waals surface area contributed by atoms with E-state index in [9.17, 15) is 9.59 Å². The average Bonchev–Trinajstić information content (AvgIpc) is 2.34. The Kier molecular flexibility index (Phi) is 5.75. The fraction of sp³-hybridized carbons (Fsp3) is 0.846. The molecule has 1 saturated heterocycles. The minimum atomic E-state index is -0.288. The predicted molar refractivity (Wildman–Crippen MR) is 70.9 cm³/mol. The van der Waals surface area contributed by atoms with Crippen molar-refractivity contribution in [3.8, 4) is 0 Å². The normalized spacial score (nSPS) is 22.9. The molecular weight excluding hydrogens is 230 g/mol. The Morgan fingerprint density at radius 1 is 1.44 bits per heavy atom. The lowest BCUT2D eigenvalue weighted by atomic mass is 10.0. The monoisotopic (exact) mass is 255 g/mol. The first kappa shape index (κ1) is 15.1. The second kappa shape index (κ2) is 6.85. The highest BCUT2D eigenvalue weighted by Crippen LogP contribution is 2.19. The van der Waals surface area contributed by atoms with Gasteiger partial charge in [0.25, 0.3) is 5.91 Å². The molecule has 0 aliphatic carbocycles. The van der Waals surface area contributed by atoms with E-state index in [0.717, 1.165) is 32.2 Å². The van der Waals surface area contributed by atoms with E-state index in [-0.39, 0.29) is 23.8 Å². The van der Waals surface area contributed by atoms with Gasteiger partial charge in [0.2, 0.25) is 0 Å². The van der Waals surface area contributed by atoms with Crippen molar-refractivity contribution in [3.63, 3.8) is 0 Å². The third-order valence-corrected chi connectivity index (χ3v) is 3.54. The molecule has 0 aromatic rings. The van der Waals surface area contributed by atoms with Crippen LogP contribution >= 0.6 is 0 Å². The van der Waals surface area contributed by atoms with Gasteiger partial charge in [-0.3, -0.25) is 14.6 Å². The number of ketones is 1. The van der Waals surface area contributed by atoms with Gasteiger partial charge in [-0.2, -0.15) is 0 Å². The quantitative estimate of drug-likeness (QED) is 0.789. The fourth-order valence-corrected chi connectivity index (χ4v) is 2.52. The van der Waals surface area contributed by atoms with Gasteiger partial charge in [-0.1, -0.05) is 13.3 Å². The Balaban J connectivity index is 2.86. The zero-order valence-electron chi connectivity index (χ0n) is 11.9. The summed E-state index contributed by atoms with van der Waals surface area (Å²) in [7, 11) is 3.68. The molecule has 0 aromatic heterocycles. The molecule has 1 fully saturated rings. The minimum Gasteiger partial charge on any atom is -0.309 e. The molecule has 18 heavy (non-hydrogen) atoms. The van der Waals surface area contributed by atoms with Crippen molar-refractivity contribution in [2.45, 2.75) is 51.6 Å². The third-order valence-electron chi connectivity index (χ3n) is 3.54. The van der Waals surface area contributed by atoms with Crippen LogP contribution in [0.2, 0.25) is 0 Å². The number of nitrogens with one attached hydrogen (secondary N) is 1. The van der Waals surface area contributed by atoms with E-state index in [1.165, 1.54) is 0 Å². The maximum atomic E-state index is 12.5. The van der Waals surface area contributed by atoms with Crippen LogP contribution in [0.4, 0.5) is 0 Å². The van der Waals surface area contributed by atoms with Gasteiger partial charge in [-0.25, -0.2) is 5.01 Å². The van der Waals surface area contributed by atoms with Gasteiger partial charge < -0.3 is 5.32 Å². The lowest BCUT2D eigenvalue weighted by Gasteiger charge is -2.42. The second-order valence-corrected chi connectivity index (χ2v) is 4.96. The van der Waals surface area contributed by atoms with Crippen LogP contribution in [0.5, 0.6) is 0 Å². The van der Waals surface area contributed by atoms with Gasteiger partial charge in [0.15, 0.2) is 5.78 Å². The molecule has 1 rings (SSSR count). The van der Waals surface area contributed by atoms with E-state index in [1.54, 1.807) is 19.0 Å². The molecule has 0 radical (unpaired) electrons. The fourth-order valence-electron chi connectivity index (χ4n) is 2.52. The van der Waals surface area contributed by atoms with Gasteiger partial charge >= 0.3 is 0 Å². The van der Waals surface area contributed by atoms with Crippen LogP contribution in [-0.2, 0) is 9.59 Å². The van der Waals surface area contributed by atoms with E-state index in [0.29, 0.717) is 0 Å². The average molecular weight is 255 g/mol. The Hall–Kier alpha value is -0.940. The summed E-state index contributed by atoms with van der Waals surface area (Å²) >= 11 is 0. The molecule has 1 aliphatic heterocycles. The topological polar surface area (TPSA) is 52.7 Å². The van der Waals surface area contributed by atoms with Crippen LogP contribution in [0.1, 0.15) is 39.5 Å². The number of hydrazine groups is 1. The van der Waals surface area contributed by atoms with Crippen LogP contribution in [-0.4, -0.2) is 54.4 Å². The Morgan fingerprint density at radius 2 is 2.11 bits per heavy atom. The summed E-state index contributed by atoms with van der Waals surface area (Å²) in [6, 6.07) is -0.485. The SMILES string of the molecule is CCCC(NC)C(=O)N1C(C(C)=O)CCCN1C. The summed E-state index contributed by atoms with van der Waals surface area (Å²) in [4.78, 5) is 24.2. The number of hydrogen-bond donors (Lipinski definition) is 1. The highest BCUT2D eigenvalue weighted by molar-refractivity contribution is 5.89. The second-order valence-electron chi connectivity index (χ2n) is 4.96. The lowest BCUT2D eigenvalue weighted by Crippen LogP contribution is -2.60. The van der Waals surface area contributed by atoms with E-state index in [2.05, 4.69) is 12.2 Å². The summed E-state index contributed by atoms with van der Waals surface area (Å²) < 4.78 is 0. The van der Waals surface area contributed by atoms with Crippen molar-refractivity contribution in [1.29, 1.82) is 0 Å². The van der Waals surface area contributed by atoms with Crippen LogP contribution in [0.15, 0.2) is 0 Å². The number of hydrogen-bond acceptors (Lipinski definition) is 4. The molecule has 2 atom stereocenters. The summed E-state index contributed by atoms with van der Waals surface area (Å²) in [5, 5.41) is 6.59. The highest BCUT2D eigenvalue weighted by atomic mass is 16.2. The van der Waals surface area contributed by atoms with E-state index < -0.39 is 0 Å². The van der Waals surface area contributed by atoms with E-state index in [1.807, 2.05) is 12.1 Å². The Morgan fingerprint density at radius 3 is 2.61 bits per heavy atom. The molecule has 0 bridgehead atoms.